The van der Waals surface area contributed by atoms with Gasteiger partial charge in [-0.05, 0) is 36.0 Å². The van der Waals surface area contributed by atoms with E-state index in [9.17, 15) is 4.79 Å². The molecular weight excluding hydrogens is 240 g/mol. The molecule has 3 rings (SSSR count). The molecule has 0 aliphatic heterocycles. The third-order valence-electron chi connectivity index (χ3n) is 3.88. The first-order valence-electron chi connectivity index (χ1n) is 6.53. The largest absolute Gasteiger partial charge is 0.476 e. The molecule has 19 heavy (non-hydrogen) atoms. The van der Waals surface area contributed by atoms with E-state index in [4.69, 9.17) is 5.11 Å². The number of rotatable bonds is 3. The molecule has 0 radical (unpaired) electrons. The Hall–Kier alpha value is -2.10. The molecule has 0 spiro atoms. The monoisotopic (exact) mass is 256 g/mol. The molecule has 1 aromatic carbocycles. The molecule has 0 unspecified atom stereocenters. The van der Waals surface area contributed by atoms with Crippen molar-refractivity contribution in [3.63, 3.8) is 0 Å². The standard InChI is InChI=1S/C15H16N2O2/c1-17-14(9-13(16-17)15(18)19)12-7-5-11(6-8-12)10-3-2-4-10/h5-10H,2-4H2,1H3,(H,18,19). The molecule has 2 aromatic rings. The van der Waals surface area contributed by atoms with Crippen LogP contribution in [0.2, 0.25) is 0 Å². The fourth-order valence-electron chi connectivity index (χ4n) is 2.51. The number of carboxylic acids is 1. The summed E-state index contributed by atoms with van der Waals surface area (Å²) in [7, 11) is 1.77. The number of nitrogens with zero attached hydrogens (tertiary/aromatic N) is 2. The number of carboxylic acid groups (broad SMARTS) is 1. The molecule has 0 atom stereocenters. The predicted octanol–water partition coefficient (Wildman–Crippen LogP) is 3.05. The third kappa shape index (κ3) is 2.14. The topological polar surface area (TPSA) is 55.1 Å². The van der Waals surface area contributed by atoms with Crippen LogP contribution in [0.4, 0.5) is 0 Å². The number of aromatic carboxylic acids is 1. The van der Waals surface area contributed by atoms with Crippen molar-refractivity contribution in [3.05, 3.63) is 41.6 Å². The first-order valence-corrected chi connectivity index (χ1v) is 6.53. The van der Waals surface area contributed by atoms with Crippen molar-refractivity contribution in [1.82, 2.24) is 9.78 Å². The highest BCUT2D eigenvalue weighted by molar-refractivity contribution is 5.87. The van der Waals surface area contributed by atoms with Crippen LogP contribution in [0.1, 0.15) is 41.2 Å². The van der Waals surface area contributed by atoms with E-state index >= 15 is 0 Å². The zero-order valence-electron chi connectivity index (χ0n) is 10.8. The van der Waals surface area contributed by atoms with Gasteiger partial charge in [0, 0.05) is 7.05 Å². The van der Waals surface area contributed by atoms with Gasteiger partial charge in [-0.25, -0.2) is 4.79 Å². The number of aromatic nitrogens is 2. The lowest BCUT2D eigenvalue weighted by atomic mass is 9.80. The lowest BCUT2D eigenvalue weighted by molar-refractivity contribution is 0.0689. The summed E-state index contributed by atoms with van der Waals surface area (Å²) in [6.07, 6.45) is 3.90. The number of carbonyl (C=O) groups is 1. The molecule has 0 saturated heterocycles. The normalized spacial score (nSPS) is 15.2. The van der Waals surface area contributed by atoms with Crippen molar-refractivity contribution in [2.45, 2.75) is 25.2 Å². The van der Waals surface area contributed by atoms with Crippen LogP contribution in [0.15, 0.2) is 30.3 Å². The van der Waals surface area contributed by atoms with Crippen LogP contribution in [0.3, 0.4) is 0 Å². The van der Waals surface area contributed by atoms with Gasteiger partial charge in [-0.1, -0.05) is 30.7 Å². The highest BCUT2D eigenvalue weighted by Crippen LogP contribution is 2.36. The second kappa shape index (κ2) is 4.53. The van der Waals surface area contributed by atoms with E-state index in [1.54, 1.807) is 17.8 Å². The summed E-state index contributed by atoms with van der Waals surface area (Å²) < 4.78 is 1.61. The van der Waals surface area contributed by atoms with E-state index in [2.05, 4.69) is 29.4 Å². The molecule has 4 heteroatoms. The Kier molecular flexibility index (Phi) is 2.85. The molecule has 0 amide bonds. The lowest BCUT2D eigenvalue weighted by Gasteiger charge is -2.25. The molecular formula is C15H16N2O2. The maximum Gasteiger partial charge on any atom is 0.356 e. The Balaban J connectivity index is 1.91. The fourth-order valence-corrected chi connectivity index (χ4v) is 2.51. The smallest absolute Gasteiger partial charge is 0.356 e. The second-order valence-electron chi connectivity index (χ2n) is 5.09. The van der Waals surface area contributed by atoms with Crippen LogP contribution in [-0.2, 0) is 7.05 Å². The van der Waals surface area contributed by atoms with Gasteiger partial charge in [-0.15, -0.1) is 0 Å². The van der Waals surface area contributed by atoms with Crippen molar-refractivity contribution in [1.29, 1.82) is 0 Å². The summed E-state index contributed by atoms with van der Waals surface area (Å²) in [5.74, 6) is -0.275. The van der Waals surface area contributed by atoms with Gasteiger partial charge in [0.25, 0.3) is 0 Å². The SMILES string of the molecule is Cn1nc(C(=O)O)cc1-c1ccc(C2CCC2)cc1. The van der Waals surface area contributed by atoms with Gasteiger partial charge in [0.2, 0.25) is 0 Å². The highest BCUT2D eigenvalue weighted by atomic mass is 16.4. The molecule has 1 N–H and O–H groups in total. The Morgan fingerprint density at radius 1 is 1.32 bits per heavy atom. The minimum Gasteiger partial charge on any atom is -0.476 e. The van der Waals surface area contributed by atoms with Crippen LogP contribution >= 0.6 is 0 Å². The van der Waals surface area contributed by atoms with Crippen molar-refractivity contribution in [2.75, 3.05) is 0 Å². The van der Waals surface area contributed by atoms with Gasteiger partial charge in [-0.2, -0.15) is 5.10 Å². The second-order valence-corrected chi connectivity index (χ2v) is 5.09. The first kappa shape index (κ1) is 12.0. The number of aryl methyl sites for hydroxylation is 1. The van der Waals surface area contributed by atoms with Crippen LogP contribution in [0.5, 0.6) is 0 Å². The molecule has 1 fully saturated rings. The lowest BCUT2D eigenvalue weighted by Crippen LogP contribution is -2.08. The number of hydrogen-bond donors (Lipinski definition) is 1. The zero-order valence-corrected chi connectivity index (χ0v) is 10.8. The van der Waals surface area contributed by atoms with Gasteiger partial charge in [0.05, 0.1) is 5.69 Å². The maximum absolute atomic E-state index is 10.9. The van der Waals surface area contributed by atoms with Crippen molar-refractivity contribution < 1.29 is 9.90 Å². The van der Waals surface area contributed by atoms with Crippen LogP contribution < -0.4 is 0 Å². The van der Waals surface area contributed by atoms with E-state index in [0.29, 0.717) is 0 Å². The van der Waals surface area contributed by atoms with Crippen LogP contribution in [0.25, 0.3) is 11.3 Å². The van der Waals surface area contributed by atoms with Crippen LogP contribution in [0, 0.1) is 0 Å². The molecule has 1 aliphatic rings. The van der Waals surface area contributed by atoms with Crippen molar-refractivity contribution >= 4 is 5.97 Å². The summed E-state index contributed by atoms with van der Waals surface area (Å²) >= 11 is 0. The third-order valence-corrected chi connectivity index (χ3v) is 3.88. The minimum atomic E-state index is -0.993. The summed E-state index contributed by atoms with van der Waals surface area (Å²) in [5.41, 5.74) is 3.30. The van der Waals surface area contributed by atoms with Gasteiger partial charge < -0.3 is 5.11 Å². The summed E-state index contributed by atoms with van der Waals surface area (Å²) in [4.78, 5) is 10.9. The summed E-state index contributed by atoms with van der Waals surface area (Å²) in [6.45, 7) is 0. The van der Waals surface area contributed by atoms with E-state index < -0.39 is 5.97 Å². The molecule has 1 aromatic heterocycles. The summed E-state index contributed by atoms with van der Waals surface area (Å²) in [6, 6.07) is 10.0. The van der Waals surface area contributed by atoms with Gasteiger partial charge in [0.1, 0.15) is 0 Å². The Morgan fingerprint density at radius 2 is 2.00 bits per heavy atom. The average molecular weight is 256 g/mol. The first-order chi connectivity index (χ1) is 9.15. The fraction of sp³-hybridized carbons (Fsp3) is 0.333. The molecule has 1 saturated carbocycles. The molecule has 1 aliphatic carbocycles. The minimum absolute atomic E-state index is 0.0839. The van der Waals surface area contributed by atoms with Gasteiger partial charge in [-0.3, -0.25) is 4.68 Å². The highest BCUT2D eigenvalue weighted by Gasteiger charge is 2.19. The Labute approximate surface area is 111 Å². The van der Waals surface area contributed by atoms with E-state index in [-0.39, 0.29) is 5.69 Å². The number of hydrogen-bond acceptors (Lipinski definition) is 2. The van der Waals surface area contributed by atoms with E-state index in [1.807, 2.05) is 0 Å². The molecule has 0 bridgehead atoms. The van der Waals surface area contributed by atoms with E-state index in [1.165, 1.54) is 24.8 Å². The molecule has 4 nitrogen and oxygen atoms in total. The molecule has 98 valence electrons. The number of benzene rings is 1. The van der Waals surface area contributed by atoms with Gasteiger partial charge >= 0.3 is 5.97 Å². The van der Waals surface area contributed by atoms with Crippen molar-refractivity contribution in [3.8, 4) is 11.3 Å². The maximum atomic E-state index is 10.9. The Morgan fingerprint density at radius 3 is 2.47 bits per heavy atom. The molecule has 1 heterocycles. The Bertz CT molecular complexity index is 610. The van der Waals surface area contributed by atoms with E-state index in [0.717, 1.165) is 17.2 Å². The average Bonchev–Trinajstić information content (AvgIpc) is 2.70. The van der Waals surface area contributed by atoms with Crippen molar-refractivity contribution in [2.24, 2.45) is 7.05 Å². The van der Waals surface area contributed by atoms with Crippen LogP contribution in [-0.4, -0.2) is 20.9 Å². The quantitative estimate of drug-likeness (QED) is 0.918. The summed E-state index contributed by atoms with van der Waals surface area (Å²) in [5, 5.41) is 12.9. The zero-order chi connectivity index (χ0) is 13.4. The predicted molar refractivity (Wildman–Crippen MR) is 72.2 cm³/mol. The van der Waals surface area contributed by atoms with Gasteiger partial charge in [0.15, 0.2) is 5.69 Å².